The fourth-order valence-electron chi connectivity index (χ4n) is 3.10. The largest absolute Gasteiger partial charge is 0.458 e. The Morgan fingerprint density at radius 3 is 2.07 bits per heavy atom. The molecule has 6 nitrogen and oxygen atoms in total. The van der Waals surface area contributed by atoms with Crippen molar-refractivity contribution < 1.29 is 23.9 Å². The first-order chi connectivity index (χ1) is 13.2. The van der Waals surface area contributed by atoms with Crippen molar-refractivity contribution in [2.24, 2.45) is 5.41 Å². The smallest absolute Gasteiger partial charge is 0.306 e. The number of hydrogen-bond acceptors (Lipinski definition) is 5. The molecule has 0 spiro atoms. The van der Waals surface area contributed by atoms with Gasteiger partial charge < -0.3 is 4.74 Å². The summed E-state index contributed by atoms with van der Waals surface area (Å²) in [5.41, 5.74) is 0.415. The normalized spacial score (nSPS) is 13.8. The van der Waals surface area contributed by atoms with Crippen LogP contribution in [0.15, 0.2) is 36.4 Å². The van der Waals surface area contributed by atoms with Crippen LogP contribution in [0.4, 0.5) is 0 Å². The lowest BCUT2D eigenvalue weighted by Crippen LogP contribution is -2.41. The summed E-state index contributed by atoms with van der Waals surface area (Å²) in [4.78, 5) is 50.4. The Labute approximate surface area is 163 Å². The number of esters is 1. The molecule has 6 heteroatoms. The van der Waals surface area contributed by atoms with Crippen LogP contribution in [-0.2, 0) is 14.3 Å². The molecule has 1 heterocycles. The van der Waals surface area contributed by atoms with Crippen LogP contribution in [0.3, 0.4) is 0 Å². The van der Waals surface area contributed by atoms with Crippen molar-refractivity contribution in [1.82, 2.24) is 4.90 Å². The van der Waals surface area contributed by atoms with Crippen LogP contribution in [0, 0.1) is 5.41 Å². The van der Waals surface area contributed by atoms with Gasteiger partial charge in [-0.3, -0.25) is 24.1 Å². The van der Waals surface area contributed by atoms with Gasteiger partial charge in [0.25, 0.3) is 11.8 Å². The predicted octanol–water partition coefficient (Wildman–Crippen LogP) is 3.37. The van der Waals surface area contributed by atoms with Gasteiger partial charge in [-0.2, -0.15) is 0 Å². The van der Waals surface area contributed by atoms with Crippen LogP contribution in [0.5, 0.6) is 0 Å². The zero-order chi connectivity index (χ0) is 20.5. The van der Waals surface area contributed by atoms with E-state index in [9.17, 15) is 19.2 Å². The maximum atomic E-state index is 12.8. The monoisotopic (exact) mass is 381 g/mol. The lowest BCUT2D eigenvalue weighted by molar-refractivity contribution is -0.150. The number of amides is 2. The highest BCUT2D eigenvalue weighted by molar-refractivity contribution is 6.25. The fourth-order valence-corrected chi connectivity index (χ4v) is 3.10. The highest BCUT2D eigenvalue weighted by Gasteiger charge is 2.32. The second kappa shape index (κ2) is 7.54. The first kappa shape index (κ1) is 19.7. The molecule has 2 amide bonds. The van der Waals surface area contributed by atoms with E-state index in [1.54, 1.807) is 45.0 Å². The third-order valence-electron chi connectivity index (χ3n) is 4.82. The molecule has 28 heavy (non-hydrogen) atoms. The highest BCUT2D eigenvalue weighted by atomic mass is 16.5. The Bertz CT molecular complexity index is 920. The van der Waals surface area contributed by atoms with Gasteiger partial charge in [-0.15, -0.1) is 0 Å². The van der Waals surface area contributed by atoms with Crippen LogP contribution in [0.1, 0.15) is 54.3 Å². The molecule has 146 valence electrons. The molecule has 1 aliphatic heterocycles. The number of benzene rings is 2. The van der Waals surface area contributed by atoms with Crippen LogP contribution < -0.4 is 0 Å². The van der Waals surface area contributed by atoms with Gasteiger partial charge in [0.05, 0.1) is 0 Å². The highest BCUT2D eigenvalue weighted by Crippen LogP contribution is 2.30. The van der Waals surface area contributed by atoms with Gasteiger partial charge in [0.2, 0.25) is 0 Å². The van der Waals surface area contributed by atoms with E-state index < -0.39 is 11.4 Å². The van der Waals surface area contributed by atoms with Crippen molar-refractivity contribution in [2.75, 3.05) is 13.2 Å². The molecule has 0 radical (unpaired) electrons. The van der Waals surface area contributed by atoms with Gasteiger partial charge in [-0.1, -0.05) is 45.0 Å². The van der Waals surface area contributed by atoms with Crippen molar-refractivity contribution >= 4 is 34.3 Å². The summed E-state index contributed by atoms with van der Waals surface area (Å²) in [6, 6.07) is 10.7. The first-order valence-electron chi connectivity index (χ1n) is 9.27. The zero-order valence-electron chi connectivity index (χ0n) is 16.3. The Kier molecular flexibility index (Phi) is 5.31. The summed E-state index contributed by atoms with van der Waals surface area (Å²) in [6.45, 7) is 5.13. The third kappa shape index (κ3) is 3.81. The van der Waals surface area contributed by atoms with E-state index in [1.165, 1.54) is 4.90 Å². The van der Waals surface area contributed by atoms with Gasteiger partial charge in [0, 0.05) is 34.9 Å². The standard InChI is InChI=1S/C22H23NO5/c1-22(2,3)17(24)13-28-18(25)11-6-12-23-20(26)15-9-4-7-14-8-5-10-16(19(14)15)21(23)27/h4-5,7-10H,6,11-13H2,1-3H3. The number of nitrogens with zero attached hydrogens (tertiary/aromatic N) is 1. The molecule has 3 rings (SSSR count). The van der Waals surface area contributed by atoms with E-state index in [4.69, 9.17) is 4.74 Å². The SMILES string of the molecule is CC(C)(C)C(=O)COC(=O)CCCN1C(=O)c2cccc3cccc(c23)C1=O. The molecule has 0 atom stereocenters. The zero-order valence-corrected chi connectivity index (χ0v) is 16.3. The van der Waals surface area contributed by atoms with Crippen molar-refractivity contribution in [1.29, 1.82) is 0 Å². The minimum Gasteiger partial charge on any atom is -0.458 e. The molecule has 0 fully saturated rings. The molecule has 0 saturated carbocycles. The molecule has 0 bridgehead atoms. The molecule has 2 aromatic carbocycles. The van der Waals surface area contributed by atoms with Crippen molar-refractivity contribution in [2.45, 2.75) is 33.6 Å². The van der Waals surface area contributed by atoms with Crippen LogP contribution in [0.25, 0.3) is 10.8 Å². The number of hydrogen-bond donors (Lipinski definition) is 0. The van der Waals surface area contributed by atoms with E-state index in [0.29, 0.717) is 16.5 Å². The van der Waals surface area contributed by atoms with E-state index in [0.717, 1.165) is 5.39 Å². The average Bonchev–Trinajstić information content (AvgIpc) is 2.65. The summed E-state index contributed by atoms with van der Waals surface area (Å²) >= 11 is 0. The quantitative estimate of drug-likeness (QED) is 0.566. The van der Waals surface area contributed by atoms with Crippen molar-refractivity contribution in [3.63, 3.8) is 0 Å². The number of carbonyl (C=O) groups is 4. The summed E-state index contributed by atoms with van der Waals surface area (Å²) in [5.74, 6) is -1.39. The van der Waals surface area contributed by atoms with Gasteiger partial charge in [-0.05, 0) is 23.9 Å². The molecule has 0 aromatic heterocycles. The van der Waals surface area contributed by atoms with Crippen LogP contribution in [0.2, 0.25) is 0 Å². The van der Waals surface area contributed by atoms with Gasteiger partial charge in [-0.25, -0.2) is 0 Å². The second-order valence-electron chi connectivity index (χ2n) is 7.91. The maximum Gasteiger partial charge on any atom is 0.306 e. The Morgan fingerprint density at radius 1 is 0.964 bits per heavy atom. The minimum atomic E-state index is -0.568. The van der Waals surface area contributed by atoms with Crippen molar-refractivity contribution in [3.8, 4) is 0 Å². The molecule has 1 aliphatic rings. The summed E-state index contributed by atoms with van der Waals surface area (Å²) in [7, 11) is 0. The summed E-state index contributed by atoms with van der Waals surface area (Å²) < 4.78 is 5.00. The molecular formula is C22H23NO5. The number of rotatable bonds is 6. The molecular weight excluding hydrogens is 358 g/mol. The fraction of sp³-hybridized carbons (Fsp3) is 0.364. The van der Waals surface area contributed by atoms with Gasteiger partial charge in [0.15, 0.2) is 12.4 Å². The number of Topliss-reactive ketones (excluding diaryl/α,β-unsaturated/α-hetero) is 1. The summed E-state index contributed by atoms with van der Waals surface area (Å²) in [6.07, 6.45) is 0.304. The molecule has 0 aliphatic carbocycles. The topological polar surface area (TPSA) is 80.8 Å². The maximum absolute atomic E-state index is 12.8. The lowest BCUT2D eigenvalue weighted by atomic mass is 9.91. The average molecular weight is 381 g/mol. The molecule has 0 unspecified atom stereocenters. The third-order valence-corrected chi connectivity index (χ3v) is 4.82. The van der Waals surface area contributed by atoms with E-state index >= 15 is 0 Å². The predicted molar refractivity (Wildman–Crippen MR) is 104 cm³/mol. The number of ketones is 1. The van der Waals surface area contributed by atoms with Crippen LogP contribution >= 0.6 is 0 Å². The summed E-state index contributed by atoms with van der Waals surface area (Å²) in [5, 5.41) is 1.53. The molecule has 0 saturated heterocycles. The Hall–Kier alpha value is -3.02. The lowest BCUT2D eigenvalue weighted by Gasteiger charge is -2.27. The van der Waals surface area contributed by atoms with Crippen molar-refractivity contribution in [3.05, 3.63) is 47.5 Å². The number of ether oxygens (including phenoxy) is 1. The number of imide groups is 1. The van der Waals surface area contributed by atoms with Gasteiger partial charge in [0.1, 0.15) is 0 Å². The minimum absolute atomic E-state index is 0.0281. The van der Waals surface area contributed by atoms with E-state index in [1.807, 2.05) is 12.1 Å². The Balaban J connectivity index is 1.62. The Morgan fingerprint density at radius 2 is 1.54 bits per heavy atom. The van der Waals surface area contributed by atoms with Gasteiger partial charge >= 0.3 is 5.97 Å². The second-order valence-corrected chi connectivity index (χ2v) is 7.91. The molecule has 0 N–H and O–H groups in total. The first-order valence-corrected chi connectivity index (χ1v) is 9.27. The molecule has 2 aromatic rings. The van der Waals surface area contributed by atoms with E-state index in [2.05, 4.69) is 0 Å². The van der Waals surface area contributed by atoms with E-state index in [-0.39, 0.29) is 43.6 Å². The van der Waals surface area contributed by atoms with Crippen LogP contribution in [-0.4, -0.2) is 41.6 Å². The number of carbonyl (C=O) groups excluding carboxylic acids is 4.